The van der Waals surface area contributed by atoms with Gasteiger partial charge in [-0.25, -0.2) is 18.5 Å². The molecule has 0 spiro atoms. The number of nitrogens with zero attached hydrogens (tertiary/aromatic N) is 1. The summed E-state index contributed by atoms with van der Waals surface area (Å²) in [4.78, 5) is 12.5. The molecule has 2 atom stereocenters. The van der Waals surface area contributed by atoms with Crippen molar-refractivity contribution in [3.8, 4) is 0 Å². The monoisotopic (exact) mass is 442 g/mol. The van der Waals surface area contributed by atoms with E-state index in [4.69, 9.17) is 5.14 Å². The fourth-order valence-corrected chi connectivity index (χ4v) is 6.21. The Labute approximate surface area is 182 Å². The average Bonchev–Trinajstić information content (AvgIpc) is 3.48. The van der Waals surface area contributed by atoms with Crippen LogP contribution in [0.5, 0.6) is 0 Å². The molecule has 1 heterocycles. The maximum absolute atomic E-state index is 14.8. The molecule has 2 aromatic rings. The zero-order valence-electron chi connectivity index (χ0n) is 17.4. The predicted octanol–water partition coefficient (Wildman–Crippen LogP) is 3.81. The third-order valence-electron chi connectivity index (χ3n) is 6.73. The molecule has 0 aromatic heterocycles. The largest absolute Gasteiger partial charge is 0.354 e. The van der Waals surface area contributed by atoms with Gasteiger partial charge < -0.3 is 10.6 Å². The van der Waals surface area contributed by atoms with Crippen LogP contribution >= 0.6 is 0 Å². The molecule has 1 fully saturated rings. The van der Waals surface area contributed by atoms with Crippen molar-refractivity contribution in [2.45, 2.75) is 55.8 Å². The van der Waals surface area contributed by atoms with E-state index in [1.165, 1.54) is 23.3 Å². The first kappa shape index (κ1) is 20.6. The van der Waals surface area contributed by atoms with Crippen molar-refractivity contribution in [3.63, 3.8) is 0 Å². The van der Waals surface area contributed by atoms with Crippen LogP contribution in [0.1, 0.15) is 53.0 Å². The van der Waals surface area contributed by atoms with Crippen LogP contribution in [-0.4, -0.2) is 23.3 Å². The number of rotatable bonds is 3. The number of hydrogen-bond donors (Lipinski definition) is 3. The Hall–Kier alpha value is -2.29. The number of nitrogens with two attached hydrogens (primary N) is 1. The molecule has 0 saturated carbocycles. The van der Waals surface area contributed by atoms with E-state index in [9.17, 15) is 13.4 Å². The zero-order valence-corrected chi connectivity index (χ0v) is 18.2. The third-order valence-corrected chi connectivity index (χ3v) is 8.12. The topological polar surface area (TPSA) is 96.6 Å². The molecule has 1 aliphatic heterocycles. The fourth-order valence-electron chi connectivity index (χ4n) is 5.22. The molecule has 1 saturated heterocycles. The molecular weight excluding hydrogens is 415 g/mol. The van der Waals surface area contributed by atoms with Gasteiger partial charge in [0.1, 0.15) is 15.7 Å². The van der Waals surface area contributed by atoms with Crippen LogP contribution in [0, 0.1) is 5.82 Å². The molecule has 2 unspecified atom stereocenters. The van der Waals surface area contributed by atoms with Crippen molar-refractivity contribution in [1.82, 2.24) is 5.32 Å². The molecule has 0 radical (unpaired) electrons. The van der Waals surface area contributed by atoms with Gasteiger partial charge in [0.15, 0.2) is 0 Å². The van der Waals surface area contributed by atoms with Gasteiger partial charge in [-0.15, -0.1) is 4.36 Å². The smallest absolute Gasteiger partial charge is 0.316 e. The van der Waals surface area contributed by atoms with Gasteiger partial charge in [-0.05, 0) is 97.4 Å². The van der Waals surface area contributed by atoms with E-state index in [1.807, 2.05) is 0 Å². The van der Waals surface area contributed by atoms with Gasteiger partial charge in [0.25, 0.3) is 0 Å². The lowest BCUT2D eigenvalue weighted by atomic mass is 9.98. The van der Waals surface area contributed by atoms with Gasteiger partial charge in [0.05, 0.1) is 4.90 Å². The number of amides is 2. The van der Waals surface area contributed by atoms with Gasteiger partial charge in [-0.2, -0.15) is 0 Å². The van der Waals surface area contributed by atoms with Crippen LogP contribution in [0.2, 0.25) is 0 Å². The molecule has 2 aromatic carbocycles. The lowest BCUT2D eigenvalue weighted by molar-refractivity contribution is 0.260. The second-order valence-electron chi connectivity index (χ2n) is 8.70. The average molecular weight is 443 g/mol. The number of carbonyl (C=O) groups excluding carboxylic acids is 1. The molecule has 164 valence electrons. The van der Waals surface area contributed by atoms with Crippen molar-refractivity contribution >= 4 is 21.6 Å². The van der Waals surface area contributed by atoms with Crippen LogP contribution < -0.4 is 15.8 Å². The Balaban J connectivity index is 1.43. The summed E-state index contributed by atoms with van der Waals surface area (Å²) in [7, 11) is -3.71. The Kier molecular flexibility index (Phi) is 5.32. The number of carbonyl (C=O) groups is 1. The molecule has 31 heavy (non-hydrogen) atoms. The summed E-state index contributed by atoms with van der Waals surface area (Å²) >= 11 is 0. The summed E-state index contributed by atoms with van der Waals surface area (Å²) in [6.45, 7) is 1.68. The molecule has 8 heteroatoms. The van der Waals surface area contributed by atoms with E-state index < -0.39 is 21.8 Å². The Bertz CT molecular complexity index is 1150. The van der Waals surface area contributed by atoms with Crippen molar-refractivity contribution in [1.29, 1.82) is 0 Å². The Morgan fingerprint density at radius 2 is 1.84 bits per heavy atom. The highest BCUT2D eigenvalue weighted by Crippen LogP contribution is 2.38. The molecular formula is C23H27FN4O2S. The molecule has 3 aliphatic rings. The summed E-state index contributed by atoms with van der Waals surface area (Å²) in [5.74, 6) is -0.463. The maximum Gasteiger partial charge on any atom is 0.354 e. The lowest BCUT2D eigenvalue weighted by Gasteiger charge is -2.15. The number of aryl methyl sites for hydroxylation is 2. The van der Waals surface area contributed by atoms with Gasteiger partial charge in [0, 0.05) is 12.2 Å². The van der Waals surface area contributed by atoms with Crippen LogP contribution in [0.25, 0.3) is 0 Å². The summed E-state index contributed by atoms with van der Waals surface area (Å²) in [6, 6.07) is 5.97. The van der Waals surface area contributed by atoms with Crippen LogP contribution in [0.3, 0.4) is 0 Å². The molecule has 5 rings (SSSR count). The van der Waals surface area contributed by atoms with Gasteiger partial charge >= 0.3 is 6.03 Å². The number of nitrogens with one attached hydrogen (secondary N) is 2. The number of anilines is 1. The predicted molar refractivity (Wildman–Crippen MR) is 119 cm³/mol. The summed E-state index contributed by atoms with van der Waals surface area (Å²) in [5.41, 5.74) is 6.47. The molecule has 4 N–H and O–H groups in total. The van der Waals surface area contributed by atoms with E-state index in [-0.39, 0.29) is 10.8 Å². The van der Waals surface area contributed by atoms with Crippen molar-refractivity contribution in [2.24, 2.45) is 9.50 Å². The summed E-state index contributed by atoms with van der Waals surface area (Å²) in [6.07, 6.45) is 6.86. The first-order valence-corrected chi connectivity index (χ1v) is 12.5. The lowest BCUT2D eigenvalue weighted by Crippen LogP contribution is -2.20. The number of fused-ring (bicyclic) bond motifs is 2. The summed E-state index contributed by atoms with van der Waals surface area (Å²) in [5, 5.41) is 12.0. The van der Waals surface area contributed by atoms with Crippen molar-refractivity contribution in [2.75, 3.05) is 18.4 Å². The fraction of sp³-hybridized carbons (Fsp3) is 0.435. The summed E-state index contributed by atoms with van der Waals surface area (Å²) < 4.78 is 31.5. The highest BCUT2D eigenvalue weighted by atomic mass is 32.2. The van der Waals surface area contributed by atoms with E-state index >= 15 is 0 Å². The minimum atomic E-state index is -3.71. The highest BCUT2D eigenvalue weighted by molar-refractivity contribution is 7.91. The Morgan fingerprint density at radius 3 is 2.45 bits per heavy atom. The van der Waals surface area contributed by atoms with Crippen molar-refractivity contribution < 1.29 is 13.4 Å². The van der Waals surface area contributed by atoms with Crippen LogP contribution in [-0.2, 0) is 35.6 Å². The van der Waals surface area contributed by atoms with E-state index in [0.717, 1.165) is 80.4 Å². The second kappa shape index (κ2) is 8.00. The SMILES string of the molecule is NS(=O)(=NC(=O)Nc1c2c(cc3c1CCC3)CCC2)c1ccc(C2CCNC2)cc1F. The molecule has 2 aliphatic carbocycles. The van der Waals surface area contributed by atoms with Crippen LogP contribution in [0.4, 0.5) is 14.9 Å². The van der Waals surface area contributed by atoms with E-state index in [2.05, 4.69) is 21.1 Å². The maximum atomic E-state index is 14.8. The number of urea groups is 1. The van der Waals surface area contributed by atoms with Gasteiger partial charge in [0.2, 0.25) is 0 Å². The zero-order chi connectivity index (χ0) is 21.6. The quantitative estimate of drug-likeness (QED) is 0.674. The van der Waals surface area contributed by atoms with Gasteiger partial charge in [-0.1, -0.05) is 12.1 Å². The first-order chi connectivity index (χ1) is 14.9. The minimum absolute atomic E-state index is 0.222. The van der Waals surface area contributed by atoms with Gasteiger partial charge in [-0.3, -0.25) is 0 Å². The van der Waals surface area contributed by atoms with E-state index in [0.29, 0.717) is 0 Å². The Morgan fingerprint density at radius 1 is 1.13 bits per heavy atom. The van der Waals surface area contributed by atoms with Crippen molar-refractivity contribution in [3.05, 3.63) is 57.9 Å². The number of hydrogen-bond acceptors (Lipinski definition) is 3. The van der Waals surface area contributed by atoms with Crippen LogP contribution in [0.15, 0.2) is 33.5 Å². The minimum Gasteiger partial charge on any atom is -0.316 e. The first-order valence-electron chi connectivity index (χ1n) is 10.9. The number of benzene rings is 2. The normalized spacial score (nSPS) is 21.4. The highest BCUT2D eigenvalue weighted by Gasteiger charge is 2.26. The third kappa shape index (κ3) is 3.88. The second-order valence-corrected chi connectivity index (χ2v) is 10.5. The molecule has 0 bridgehead atoms. The number of halogens is 1. The molecule has 6 nitrogen and oxygen atoms in total. The van der Waals surface area contributed by atoms with E-state index in [1.54, 1.807) is 6.07 Å². The molecule has 2 amide bonds. The standard InChI is InChI=1S/C23H27FN4O2S/c24-20-12-14(17-9-10-26-13-17)7-8-21(20)31(25,30)28-23(29)27-22-18-5-1-3-15(18)11-16-4-2-6-19(16)22/h7-8,11-12,17,26H,1-6,9-10,13H2,(H3,25,27,28,29,30).